The van der Waals surface area contributed by atoms with Gasteiger partial charge in [0, 0.05) is 13.1 Å². The zero-order chi connectivity index (χ0) is 25.4. The van der Waals surface area contributed by atoms with E-state index in [-0.39, 0.29) is 11.7 Å². The lowest BCUT2D eigenvalue weighted by Gasteiger charge is -2.45. The van der Waals surface area contributed by atoms with E-state index in [2.05, 4.69) is 16.7 Å². The molecule has 184 valence electrons. The number of halogens is 1. The van der Waals surface area contributed by atoms with E-state index in [0.29, 0.717) is 50.0 Å². The summed E-state index contributed by atoms with van der Waals surface area (Å²) in [5.41, 5.74) is 0.0463. The highest BCUT2D eigenvalue weighted by Crippen LogP contribution is 2.48. The molecule has 8 heteroatoms. The van der Waals surface area contributed by atoms with Crippen molar-refractivity contribution in [3.8, 4) is 17.2 Å². The van der Waals surface area contributed by atoms with Crippen LogP contribution in [-0.4, -0.2) is 47.2 Å². The van der Waals surface area contributed by atoms with E-state index in [1.165, 1.54) is 17.0 Å². The highest BCUT2D eigenvalue weighted by atomic mass is 19.1. The van der Waals surface area contributed by atoms with Gasteiger partial charge in [0.25, 0.3) is 0 Å². The Labute approximate surface area is 204 Å². The van der Waals surface area contributed by atoms with Gasteiger partial charge in [0.1, 0.15) is 11.4 Å². The topological polar surface area (TPSA) is 105 Å². The highest BCUT2D eigenvalue weighted by molar-refractivity contribution is 5.92. The van der Waals surface area contributed by atoms with Crippen LogP contribution < -0.4 is 10.6 Å². The van der Waals surface area contributed by atoms with Crippen LogP contribution in [0.15, 0.2) is 42.5 Å². The van der Waals surface area contributed by atoms with E-state index in [0.717, 1.165) is 11.1 Å². The van der Waals surface area contributed by atoms with Crippen LogP contribution in [0.2, 0.25) is 0 Å². The van der Waals surface area contributed by atoms with Gasteiger partial charge in [0.15, 0.2) is 0 Å². The second-order valence-corrected chi connectivity index (χ2v) is 10.1. The number of nitriles is 1. The fraction of sp³-hybridized carbons (Fsp3) is 0.444. The Kier molecular flexibility index (Phi) is 6.32. The zero-order valence-electron chi connectivity index (χ0n) is 20.3. The first-order valence-electron chi connectivity index (χ1n) is 11.9. The number of amides is 2. The van der Waals surface area contributed by atoms with Crippen LogP contribution in [0, 0.1) is 22.6 Å². The molecule has 2 heterocycles. The molecule has 2 atom stereocenters. The molecule has 2 amide bonds. The van der Waals surface area contributed by atoms with Gasteiger partial charge in [-0.1, -0.05) is 45.0 Å². The van der Waals surface area contributed by atoms with Crippen molar-refractivity contribution >= 4 is 12.0 Å². The van der Waals surface area contributed by atoms with E-state index < -0.39 is 22.6 Å². The number of hydrogen-bond donors (Lipinski definition) is 3. The van der Waals surface area contributed by atoms with Crippen molar-refractivity contribution in [2.24, 2.45) is 5.41 Å². The molecule has 0 unspecified atom stereocenters. The number of benzene rings is 2. The quantitative estimate of drug-likeness (QED) is 0.597. The molecule has 4 rings (SSSR count). The molecule has 2 aromatic carbocycles. The Bertz CT molecular complexity index is 1180. The number of nitrogens with one attached hydrogen (secondary N) is 2. The molecule has 0 saturated carbocycles. The molecule has 2 aromatic rings. The van der Waals surface area contributed by atoms with E-state index in [4.69, 9.17) is 0 Å². The fourth-order valence-corrected chi connectivity index (χ4v) is 5.97. The summed E-state index contributed by atoms with van der Waals surface area (Å²) in [5.74, 6) is -0.667. The fourth-order valence-electron chi connectivity index (χ4n) is 5.97. The molecule has 2 aliphatic rings. The maximum atomic E-state index is 14.0. The van der Waals surface area contributed by atoms with Gasteiger partial charge in [-0.15, -0.1) is 0 Å². The molecule has 0 aromatic heterocycles. The minimum absolute atomic E-state index is 0.296. The summed E-state index contributed by atoms with van der Waals surface area (Å²) in [6, 6.07) is 13.8. The lowest BCUT2D eigenvalue weighted by atomic mass is 9.70. The van der Waals surface area contributed by atoms with Gasteiger partial charge in [-0.3, -0.25) is 9.69 Å². The summed E-state index contributed by atoms with van der Waals surface area (Å²) in [7, 11) is 0. The van der Waals surface area contributed by atoms with Crippen molar-refractivity contribution in [1.29, 1.82) is 5.26 Å². The van der Waals surface area contributed by atoms with Crippen molar-refractivity contribution < 1.29 is 19.1 Å². The van der Waals surface area contributed by atoms with Gasteiger partial charge in [-0.25, -0.2) is 9.18 Å². The Morgan fingerprint density at radius 2 is 1.86 bits per heavy atom. The van der Waals surface area contributed by atoms with E-state index in [9.17, 15) is 24.3 Å². The van der Waals surface area contributed by atoms with Crippen LogP contribution in [0.3, 0.4) is 0 Å². The number of carboxylic acid groups (broad SMARTS) is 1. The first kappa shape index (κ1) is 24.7. The molecule has 7 nitrogen and oxygen atoms in total. The van der Waals surface area contributed by atoms with Gasteiger partial charge >= 0.3 is 6.09 Å². The smallest absolute Gasteiger partial charge is 0.408 e. The third-order valence-electron chi connectivity index (χ3n) is 8.00. The van der Waals surface area contributed by atoms with E-state index in [1.54, 1.807) is 18.2 Å². The largest absolute Gasteiger partial charge is 0.465 e. The number of carbonyl (C=O) groups excluding carboxylic acids is 1. The van der Waals surface area contributed by atoms with E-state index >= 15 is 0 Å². The Hall–Kier alpha value is -3.44. The summed E-state index contributed by atoms with van der Waals surface area (Å²) in [4.78, 5) is 27.4. The molecule has 0 radical (unpaired) electrons. The minimum atomic E-state index is -1.21. The van der Waals surface area contributed by atoms with Gasteiger partial charge in [-0.2, -0.15) is 5.26 Å². The van der Waals surface area contributed by atoms with Crippen LogP contribution in [0.4, 0.5) is 9.18 Å². The summed E-state index contributed by atoms with van der Waals surface area (Å²) in [5, 5.41) is 26.4. The molecule has 0 aliphatic carbocycles. The highest BCUT2D eigenvalue weighted by Gasteiger charge is 2.61. The lowest BCUT2D eigenvalue weighted by molar-refractivity contribution is -0.138. The van der Waals surface area contributed by atoms with Crippen molar-refractivity contribution in [2.45, 2.75) is 51.1 Å². The average Bonchev–Trinajstić information content (AvgIpc) is 3.41. The van der Waals surface area contributed by atoms with Crippen LogP contribution >= 0.6 is 0 Å². The second kappa shape index (κ2) is 8.97. The van der Waals surface area contributed by atoms with Gasteiger partial charge in [0.2, 0.25) is 5.91 Å². The maximum Gasteiger partial charge on any atom is 0.408 e. The molecular formula is C27H31FN4O3. The molecule has 2 fully saturated rings. The predicted molar refractivity (Wildman–Crippen MR) is 130 cm³/mol. The standard InChI is InChI=1S/C27H31FN4O3/c1-4-27(25(2,3)12-14-32(27)24(34)35)23(33)31-26(11-13-30-17-26)22-10-7-19(15-20(22)16-29)18-5-8-21(28)9-6-18/h5-10,15,30H,4,11-14,17H2,1-3H3,(H,31,33)(H,34,35)/t26-,27-/m1/s1. The molecule has 0 spiro atoms. The maximum absolute atomic E-state index is 14.0. The number of likely N-dealkylation sites (tertiary alicyclic amines) is 1. The molecule has 0 bridgehead atoms. The lowest BCUT2D eigenvalue weighted by Crippen LogP contribution is -2.65. The predicted octanol–water partition coefficient (Wildman–Crippen LogP) is 4.23. The van der Waals surface area contributed by atoms with Gasteiger partial charge in [-0.05, 0) is 66.1 Å². The third kappa shape index (κ3) is 3.94. The van der Waals surface area contributed by atoms with Crippen molar-refractivity contribution in [3.63, 3.8) is 0 Å². The number of rotatable bonds is 5. The van der Waals surface area contributed by atoms with Crippen LogP contribution in [-0.2, 0) is 10.3 Å². The Morgan fingerprint density at radius 1 is 1.17 bits per heavy atom. The Morgan fingerprint density at radius 3 is 2.43 bits per heavy atom. The van der Waals surface area contributed by atoms with Crippen LogP contribution in [0.5, 0.6) is 0 Å². The number of nitrogens with zero attached hydrogens (tertiary/aromatic N) is 2. The van der Waals surface area contributed by atoms with Gasteiger partial charge < -0.3 is 15.7 Å². The number of hydrogen-bond acceptors (Lipinski definition) is 4. The van der Waals surface area contributed by atoms with E-state index in [1.807, 2.05) is 32.9 Å². The van der Waals surface area contributed by atoms with Crippen LogP contribution in [0.1, 0.15) is 51.2 Å². The summed E-state index contributed by atoms with van der Waals surface area (Å²) in [6.07, 6.45) is 0.390. The third-order valence-corrected chi connectivity index (χ3v) is 8.00. The second-order valence-electron chi connectivity index (χ2n) is 10.1. The average molecular weight is 479 g/mol. The molecule has 2 saturated heterocycles. The molecular weight excluding hydrogens is 447 g/mol. The summed E-state index contributed by atoms with van der Waals surface area (Å²) < 4.78 is 13.4. The first-order chi connectivity index (χ1) is 16.6. The zero-order valence-corrected chi connectivity index (χ0v) is 20.3. The molecule has 3 N–H and O–H groups in total. The van der Waals surface area contributed by atoms with Crippen molar-refractivity contribution in [1.82, 2.24) is 15.5 Å². The monoisotopic (exact) mass is 478 g/mol. The Balaban J connectivity index is 1.75. The normalized spacial score (nSPS) is 25.3. The number of carbonyl (C=O) groups is 2. The first-order valence-corrected chi connectivity index (χ1v) is 11.9. The van der Waals surface area contributed by atoms with Crippen molar-refractivity contribution in [3.05, 3.63) is 59.4 Å². The minimum Gasteiger partial charge on any atom is -0.465 e. The molecule has 2 aliphatic heterocycles. The molecule has 35 heavy (non-hydrogen) atoms. The SMILES string of the molecule is CC[C@]1(C(=O)N[C@]2(c3ccc(-c4ccc(F)cc4)cc3C#N)CCNC2)N(C(=O)O)CCC1(C)C. The summed E-state index contributed by atoms with van der Waals surface area (Å²) in [6.45, 7) is 7.10. The van der Waals surface area contributed by atoms with Crippen LogP contribution in [0.25, 0.3) is 11.1 Å². The van der Waals surface area contributed by atoms with Gasteiger partial charge in [0.05, 0.1) is 17.2 Å². The van der Waals surface area contributed by atoms with Crippen molar-refractivity contribution in [2.75, 3.05) is 19.6 Å². The summed E-state index contributed by atoms with van der Waals surface area (Å²) >= 11 is 0.